The topological polar surface area (TPSA) is 35.6 Å². The van der Waals surface area contributed by atoms with Gasteiger partial charge in [-0.1, -0.05) is 30.3 Å². The van der Waals surface area contributed by atoms with E-state index in [0.29, 0.717) is 24.7 Å². The molecule has 2 rings (SSSR count). The van der Waals surface area contributed by atoms with Gasteiger partial charge in [0.25, 0.3) is 0 Å². The lowest BCUT2D eigenvalue weighted by atomic mass is 10.0. The maximum absolute atomic E-state index is 12.1. The van der Waals surface area contributed by atoms with Crippen molar-refractivity contribution in [2.45, 2.75) is 52.2 Å². The van der Waals surface area contributed by atoms with Crippen molar-refractivity contribution in [1.29, 1.82) is 0 Å². The van der Waals surface area contributed by atoms with E-state index in [1.54, 1.807) is 0 Å². The minimum Gasteiger partial charge on any atom is -0.338 e. The molecule has 4 nitrogen and oxygen atoms in total. The van der Waals surface area contributed by atoms with E-state index in [-0.39, 0.29) is 6.03 Å². The first-order valence-corrected chi connectivity index (χ1v) is 8.33. The molecule has 0 spiro atoms. The molecule has 0 aromatic heterocycles. The molecule has 1 heterocycles. The Morgan fingerprint density at radius 3 is 2.32 bits per heavy atom. The lowest BCUT2D eigenvalue weighted by Crippen LogP contribution is -2.65. The van der Waals surface area contributed by atoms with Crippen LogP contribution in [0, 0.1) is 0 Å². The number of amides is 2. The van der Waals surface area contributed by atoms with Crippen molar-refractivity contribution in [3.05, 3.63) is 35.9 Å². The van der Waals surface area contributed by atoms with E-state index in [2.05, 4.69) is 50.0 Å². The number of urea groups is 1. The van der Waals surface area contributed by atoms with Gasteiger partial charge in [-0.05, 0) is 39.7 Å². The van der Waals surface area contributed by atoms with Crippen LogP contribution in [0.2, 0.25) is 0 Å². The van der Waals surface area contributed by atoms with Crippen molar-refractivity contribution in [2.75, 3.05) is 19.6 Å². The first kappa shape index (κ1) is 16.8. The number of likely N-dealkylation sites (tertiary alicyclic amines) is 1. The van der Waals surface area contributed by atoms with Gasteiger partial charge in [0.05, 0.1) is 0 Å². The highest BCUT2D eigenvalue weighted by Gasteiger charge is 2.36. The number of carbonyl (C=O) groups is 1. The number of carbonyl (C=O) groups excluding carboxylic acids is 1. The summed E-state index contributed by atoms with van der Waals surface area (Å²) in [6, 6.07) is 11.9. The molecule has 22 heavy (non-hydrogen) atoms. The Morgan fingerprint density at radius 1 is 1.18 bits per heavy atom. The van der Waals surface area contributed by atoms with Crippen LogP contribution in [-0.2, 0) is 6.42 Å². The molecule has 122 valence electrons. The van der Waals surface area contributed by atoms with Crippen molar-refractivity contribution in [2.24, 2.45) is 0 Å². The van der Waals surface area contributed by atoms with Gasteiger partial charge in [-0.3, -0.25) is 4.90 Å². The van der Waals surface area contributed by atoms with Crippen molar-refractivity contribution in [1.82, 2.24) is 15.1 Å². The lowest BCUT2D eigenvalue weighted by molar-refractivity contribution is 0.0172. The second-order valence-corrected chi connectivity index (χ2v) is 6.66. The van der Waals surface area contributed by atoms with E-state index < -0.39 is 0 Å². The van der Waals surface area contributed by atoms with Crippen LogP contribution in [0.1, 0.15) is 33.3 Å². The molecular formula is C18H29N3O. The summed E-state index contributed by atoms with van der Waals surface area (Å²) in [5, 5.41) is 3.02. The molecule has 1 aliphatic rings. The Kier molecular flexibility index (Phi) is 5.83. The second-order valence-electron chi connectivity index (χ2n) is 6.66. The van der Waals surface area contributed by atoms with Crippen molar-refractivity contribution < 1.29 is 4.79 Å². The van der Waals surface area contributed by atoms with E-state index in [4.69, 9.17) is 0 Å². The highest BCUT2D eigenvalue weighted by molar-refractivity contribution is 5.75. The van der Waals surface area contributed by atoms with Gasteiger partial charge in [0.1, 0.15) is 0 Å². The van der Waals surface area contributed by atoms with E-state index in [9.17, 15) is 4.79 Å². The van der Waals surface area contributed by atoms with Gasteiger partial charge in [-0.2, -0.15) is 0 Å². The van der Waals surface area contributed by atoms with Gasteiger partial charge in [-0.25, -0.2) is 4.79 Å². The fourth-order valence-electron chi connectivity index (χ4n) is 3.32. The van der Waals surface area contributed by atoms with E-state index in [1.807, 2.05) is 23.1 Å². The van der Waals surface area contributed by atoms with Crippen molar-refractivity contribution in [3.8, 4) is 0 Å². The predicted molar refractivity (Wildman–Crippen MR) is 91.0 cm³/mol. The normalized spacial score (nSPS) is 15.5. The zero-order valence-electron chi connectivity index (χ0n) is 14.2. The minimum absolute atomic E-state index is 0.0691. The fourth-order valence-corrected chi connectivity index (χ4v) is 3.32. The van der Waals surface area contributed by atoms with Gasteiger partial charge in [0.2, 0.25) is 0 Å². The molecule has 0 radical (unpaired) electrons. The van der Waals surface area contributed by atoms with Crippen LogP contribution in [0.5, 0.6) is 0 Å². The van der Waals surface area contributed by atoms with Gasteiger partial charge in [0, 0.05) is 37.8 Å². The molecule has 0 bridgehead atoms. The van der Waals surface area contributed by atoms with E-state index in [0.717, 1.165) is 19.5 Å². The first-order valence-electron chi connectivity index (χ1n) is 8.33. The summed E-state index contributed by atoms with van der Waals surface area (Å²) in [6.07, 6.45) is 0.883. The molecule has 1 N–H and O–H groups in total. The number of nitrogens with one attached hydrogen (secondary N) is 1. The predicted octanol–water partition coefficient (Wildman–Crippen LogP) is 2.74. The van der Waals surface area contributed by atoms with Crippen LogP contribution in [-0.4, -0.2) is 53.6 Å². The third kappa shape index (κ3) is 4.23. The summed E-state index contributed by atoms with van der Waals surface area (Å²) in [5.74, 6) is 0. The van der Waals surface area contributed by atoms with Gasteiger partial charge < -0.3 is 10.2 Å². The average Bonchev–Trinajstić information content (AvgIpc) is 2.42. The molecular weight excluding hydrogens is 274 g/mol. The molecule has 1 aromatic carbocycles. The zero-order chi connectivity index (χ0) is 16.1. The third-order valence-corrected chi connectivity index (χ3v) is 4.30. The molecule has 0 saturated carbocycles. The highest BCUT2D eigenvalue weighted by atomic mass is 16.2. The van der Waals surface area contributed by atoms with Crippen LogP contribution >= 0.6 is 0 Å². The average molecular weight is 303 g/mol. The third-order valence-electron chi connectivity index (χ3n) is 4.30. The van der Waals surface area contributed by atoms with Crippen molar-refractivity contribution in [3.63, 3.8) is 0 Å². The van der Waals surface area contributed by atoms with Crippen molar-refractivity contribution >= 4 is 6.03 Å². The molecule has 2 amide bonds. The summed E-state index contributed by atoms with van der Waals surface area (Å²) in [7, 11) is 0. The number of nitrogens with zero attached hydrogens (tertiary/aromatic N) is 2. The smallest absolute Gasteiger partial charge is 0.317 e. The summed E-state index contributed by atoms with van der Waals surface area (Å²) in [6.45, 7) is 11.3. The first-order chi connectivity index (χ1) is 10.5. The van der Waals surface area contributed by atoms with E-state index >= 15 is 0 Å². The molecule has 1 fully saturated rings. The molecule has 0 atom stereocenters. The van der Waals surface area contributed by atoms with Crippen LogP contribution in [0.25, 0.3) is 0 Å². The van der Waals surface area contributed by atoms with Crippen LogP contribution in [0.4, 0.5) is 4.79 Å². The molecule has 0 unspecified atom stereocenters. The SMILES string of the molecule is CC(C)N(C(C)C)C1CN(C(=O)NCCc2ccccc2)C1. The summed E-state index contributed by atoms with van der Waals surface area (Å²) < 4.78 is 0. The Bertz CT molecular complexity index is 458. The maximum Gasteiger partial charge on any atom is 0.317 e. The lowest BCUT2D eigenvalue weighted by Gasteiger charge is -2.48. The van der Waals surface area contributed by atoms with E-state index in [1.165, 1.54) is 5.56 Å². The Labute approximate surface area is 134 Å². The number of hydrogen-bond acceptors (Lipinski definition) is 2. The Hall–Kier alpha value is -1.55. The Morgan fingerprint density at radius 2 is 1.77 bits per heavy atom. The molecule has 1 aliphatic heterocycles. The fraction of sp³-hybridized carbons (Fsp3) is 0.611. The quantitative estimate of drug-likeness (QED) is 0.877. The maximum atomic E-state index is 12.1. The molecule has 4 heteroatoms. The summed E-state index contributed by atoms with van der Waals surface area (Å²) >= 11 is 0. The van der Waals surface area contributed by atoms with Gasteiger partial charge in [0.15, 0.2) is 0 Å². The van der Waals surface area contributed by atoms with Crippen LogP contribution in [0.15, 0.2) is 30.3 Å². The standard InChI is InChI=1S/C18H29N3O/c1-14(2)21(15(3)4)17-12-20(13-17)18(22)19-11-10-16-8-6-5-7-9-16/h5-9,14-15,17H,10-13H2,1-4H3,(H,19,22). The summed E-state index contributed by atoms with van der Waals surface area (Å²) in [4.78, 5) is 16.5. The molecule has 1 saturated heterocycles. The van der Waals surface area contributed by atoms with Crippen LogP contribution in [0.3, 0.4) is 0 Å². The minimum atomic E-state index is 0.0691. The van der Waals surface area contributed by atoms with Gasteiger partial charge in [-0.15, -0.1) is 0 Å². The van der Waals surface area contributed by atoms with Gasteiger partial charge >= 0.3 is 6.03 Å². The number of benzene rings is 1. The monoisotopic (exact) mass is 303 g/mol. The zero-order valence-corrected chi connectivity index (χ0v) is 14.2. The largest absolute Gasteiger partial charge is 0.338 e. The highest BCUT2D eigenvalue weighted by Crippen LogP contribution is 2.20. The summed E-state index contributed by atoms with van der Waals surface area (Å²) in [5.41, 5.74) is 1.26. The number of rotatable bonds is 6. The number of hydrogen-bond donors (Lipinski definition) is 1. The molecule has 1 aromatic rings. The molecule has 0 aliphatic carbocycles. The van der Waals surface area contributed by atoms with Crippen LogP contribution < -0.4 is 5.32 Å². The Balaban J connectivity index is 1.70. The second kappa shape index (κ2) is 7.63.